The third kappa shape index (κ3) is 3.97. The largest absolute Gasteiger partial charge is 0.478 e. The number of amides is 1. The Balaban J connectivity index is 2.09. The maximum atomic E-state index is 12.7. The number of carbonyl (C=O) groups is 1. The molecule has 1 aromatic carbocycles. The van der Waals surface area contributed by atoms with E-state index in [4.69, 9.17) is 9.47 Å². The van der Waals surface area contributed by atoms with Gasteiger partial charge in [-0.25, -0.2) is 0 Å². The van der Waals surface area contributed by atoms with Crippen molar-refractivity contribution >= 4 is 5.91 Å². The molecule has 0 unspecified atom stereocenters. The number of rotatable bonds is 3. The molecule has 4 nitrogen and oxygen atoms in total. The molecule has 1 saturated heterocycles. The van der Waals surface area contributed by atoms with Crippen LogP contribution in [0.3, 0.4) is 0 Å². The first-order valence-electron chi connectivity index (χ1n) is 7.48. The summed E-state index contributed by atoms with van der Waals surface area (Å²) in [5, 5.41) is 0. The van der Waals surface area contributed by atoms with Gasteiger partial charge in [-0.1, -0.05) is 12.1 Å². The number of ether oxygens (including phenoxy) is 2. The number of benzene rings is 1. The van der Waals surface area contributed by atoms with E-state index in [0.29, 0.717) is 13.1 Å². The van der Waals surface area contributed by atoms with E-state index in [1.165, 1.54) is 0 Å². The Bertz CT molecular complexity index is 503. The van der Waals surface area contributed by atoms with Crippen molar-refractivity contribution in [2.24, 2.45) is 0 Å². The van der Waals surface area contributed by atoms with Crippen LogP contribution in [0.25, 0.3) is 0 Å². The highest BCUT2D eigenvalue weighted by atomic mass is 16.5. The van der Waals surface area contributed by atoms with Gasteiger partial charge < -0.3 is 14.4 Å². The van der Waals surface area contributed by atoms with Gasteiger partial charge in [-0.05, 0) is 52.3 Å². The first-order chi connectivity index (χ1) is 9.78. The van der Waals surface area contributed by atoms with Gasteiger partial charge in [0, 0.05) is 13.1 Å². The molecule has 2 rings (SSSR count). The van der Waals surface area contributed by atoms with Gasteiger partial charge in [-0.15, -0.1) is 0 Å². The first-order valence-corrected chi connectivity index (χ1v) is 7.48. The lowest BCUT2D eigenvalue weighted by atomic mass is 10.1. The third-order valence-corrected chi connectivity index (χ3v) is 3.58. The fourth-order valence-corrected chi connectivity index (χ4v) is 2.74. The number of hydrogen-bond acceptors (Lipinski definition) is 3. The van der Waals surface area contributed by atoms with Gasteiger partial charge in [0.05, 0.1) is 12.2 Å². The smallest absolute Gasteiger partial charge is 0.266 e. The van der Waals surface area contributed by atoms with Crippen LogP contribution in [0, 0.1) is 6.92 Å². The molecule has 1 aliphatic heterocycles. The molecular weight excluding hydrogens is 266 g/mol. The van der Waals surface area contributed by atoms with Gasteiger partial charge in [0.2, 0.25) is 0 Å². The zero-order chi connectivity index (χ0) is 15.6. The molecule has 0 bridgehead atoms. The van der Waals surface area contributed by atoms with Crippen LogP contribution in [0.5, 0.6) is 5.75 Å². The quantitative estimate of drug-likeness (QED) is 0.859. The fraction of sp³-hybridized carbons (Fsp3) is 0.588. The topological polar surface area (TPSA) is 38.8 Å². The van der Waals surface area contributed by atoms with E-state index >= 15 is 0 Å². The predicted octanol–water partition coefficient (Wildman–Crippen LogP) is 2.79. The number of hydrogen-bond donors (Lipinski definition) is 0. The summed E-state index contributed by atoms with van der Waals surface area (Å²) in [6, 6.07) is 7.77. The summed E-state index contributed by atoms with van der Waals surface area (Å²) in [6.07, 6.45) is 0.125. The Morgan fingerprint density at radius 1 is 1.29 bits per heavy atom. The summed E-state index contributed by atoms with van der Waals surface area (Å²) in [7, 11) is 0. The highest BCUT2D eigenvalue weighted by molar-refractivity contribution is 5.85. The number of carbonyl (C=O) groups excluding carboxylic acids is 1. The summed E-state index contributed by atoms with van der Waals surface area (Å²) in [6.45, 7) is 10.9. The number of aryl methyl sites for hydroxylation is 1. The maximum absolute atomic E-state index is 12.7. The van der Waals surface area contributed by atoms with Crippen LogP contribution >= 0.6 is 0 Å². The molecule has 0 spiro atoms. The maximum Gasteiger partial charge on any atom is 0.266 e. The molecule has 0 N–H and O–H groups in total. The Morgan fingerprint density at radius 3 is 2.48 bits per heavy atom. The molecule has 1 fully saturated rings. The summed E-state index contributed by atoms with van der Waals surface area (Å²) < 4.78 is 11.6. The van der Waals surface area contributed by atoms with E-state index < -0.39 is 5.60 Å². The van der Waals surface area contributed by atoms with Gasteiger partial charge in [0.15, 0.2) is 5.60 Å². The molecule has 1 aromatic rings. The van der Waals surface area contributed by atoms with Crippen LogP contribution in [-0.4, -0.2) is 41.7 Å². The monoisotopic (exact) mass is 291 g/mol. The predicted molar refractivity (Wildman–Crippen MR) is 82.5 cm³/mol. The van der Waals surface area contributed by atoms with Crippen LogP contribution in [0.2, 0.25) is 0 Å². The highest BCUT2D eigenvalue weighted by Crippen LogP contribution is 2.23. The van der Waals surface area contributed by atoms with E-state index in [0.717, 1.165) is 11.3 Å². The van der Waals surface area contributed by atoms with E-state index in [1.807, 2.05) is 63.8 Å². The van der Waals surface area contributed by atoms with Crippen molar-refractivity contribution in [3.8, 4) is 5.75 Å². The van der Waals surface area contributed by atoms with Crippen molar-refractivity contribution in [3.63, 3.8) is 0 Å². The molecule has 1 aliphatic rings. The fourth-order valence-electron chi connectivity index (χ4n) is 2.74. The van der Waals surface area contributed by atoms with E-state index in [9.17, 15) is 4.79 Å². The van der Waals surface area contributed by atoms with Crippen molar-refractivity contribution in [1.82, 2.24) is 4.90 Å². The molecule has 0 saturated carbocycles. The van der Waals surface area contributed by atoms with E-state index in [-0.39, 0.29) is 18.1 Å². The van der Waals surface area contributed by atoms with Crippen LogP contribution in [0.15, 0.2) is 24.3 Å². The molecule has 0 radical (unpaired) electrons. The minimum Gasteiger partial charge on any atom is -0.478 e. The number of morpholine rings is 1. The second kappa shape index (κ2) is 6.06. The summed E-state index contributed by atoms with van der Waals surface area (Å²) in [5.41, 5.74) is 0.231. The normalized spacial score (nSPS) is 23.0. The van der Waals surface area contributed by atoms with Crippen molar-refractivity contribution in [2.75, 3.05) is 13.1 Å². The Morgan fingerprint density at radius 2 is 1.90 bits per heavy atom. The van der Waals surface area contributed by atoms with Crippen molar-refractivity contribution in [1.29, 1.82) is 0 Å². The van der Waals surface area contributed by atoms with Crippen LogP contribution in [0.1, 0.15) is 33.3 Å². The van der Waals surface area contributed by atoms with Gasteiger partial charge in [-0.3, -0.25) is 4.79 Å². The van der Waals surface area contributed by atoms with E-state index in [2.05, 4.69) is 0 Å². The molecule has 0 aliphatic carbocycles. The second-order valence-corrected chi connectivity index (χ2v) is 6.40. The summed E-state index contributed by atoms with van der Waals surface area (Å²) >= 11 is 0. The molecule has 1 heterocycles. The van der Waals surface area contributed by atoms with Crippen LogP contribution in [0.4, 0.5) is 0 Å². The zero-order valence-electron chi connectivity index (χ0n) is 13.6. The Hall–Kier alpha value is -1.55. The SMILES string of the molecule is Cc1cccc(OC(C)(C)C(=O)N2C[C@@H](C)O[C@@H](C)C2)c1. The minimum atomic E-state index is -0.884. The Kier molecular flexibility index (Phi) is 4.57. The van der Waals surface area contributed by atoms with Gasteiger partial charge in [-0.2, -0.15) is 0 Å². The summed E-state index contributed by atoms with van der Waals surface area (Å²) in [4.78, 5) is 14.6. The first kappa shape index (κ1) is 15.8. The average Bonchev–Trinajstić information content (AvgIpc) is 2.36. The molecule has 1 amide bonds. The average molecular weight is 291 g/mol. The zero-order valence-corrected chi connectivity index (χ0v) is 13.6. The third-order valence-electron chi connectivity index (χ3n) is 3.58. The Labute approximate surface area is 127 Å². The van der Waals surface area contributed by atoms with Gasteiger partial charge in [0.25, 0.3) is 5.91 Å². The van der Waals surface area contributed by atoms with Crippen molar-refractivity contribution in [2.45, 2.75) is 52.4 Å². The van der Waals surface area contributed by atoms with Gasteiger partial charge in [0.1, 0.15) is 5.75 Å². The molecule has 21 heavy (non-hydrogen) atoms. The molecule has 4 heteroatoms. The lowest BCUT2D eigenvalue weighted by Gasteiger charge is -2.39. The minimum absolute atomic E-state index is 0.00556. The second-order valence-electron chi connectivity index (χ2n) is 6.40. The molecular formula is C17H25NO3. The molecule has 116 valence electrons. The van der Waals surface area contributed by atoms with Crippen LogP contribution < -0.4 is 4.74 Å². The lowest BCUT2D eigenvalue weighted by Crippen LogP contribution is -2.55. The molecule has 2 atom stereocenters. The van der Waals surface area contributed by atoms with Gasteiger partial charge >= 0.3 is 0 Å². The van der Waals surface area contributed by atoms with E-state index in [1.54, 1.807) is 0 Å². The summed E-state index contributed by atoms with van der Waals surface area (Å²) in [5.74, 6) is 0.730. The highest BCUT2D eigenvalue weighted by Gasteiger charge is 2.37. The number of nitrogens with zero attached hydrogens (tertiary/aromatic N) is 1. The standard InChI is InChI=1S/C17H25NO3/c1-12-7-6-8-15(9-12)21-17(4,5)16(19)18-10-13(2)20-14(3)11-18/h6-9,13-14H,10-11H2,1-5H3/t13-,14+. The van der Waals surface area contributed by atoms with Crippen LogP contribution in [-0.2, 0) is 9.53 Å². The lowest BCUT2D eigenvalue weighted by molar-refractivity contribution is -0.156. The molecule has 0 aromatic heterocycles. The van der Waals surface area contributed by atoms with Crippen molar-refractivity contribution < 1.29 is 14.3 Å². The van der Waals surface area contributed by atoms with Crippen molar-refractivity contribution in [3.05, 3.63) is 29.8 Å².